The van der Waals surface area contributed by atoms with Gasteiger partial charge in [-0.05, 0) is 30.2 Å². The molecule has 0 amide bonds. The second-order valence-corrected chi connectivity index (χ2v) is 3.81. The summed E-state index contributed by atoms with van der Waals surface area (Å²) in [6.07, 6.45) is 4.67. The van der Waals surface area contributed by atoms with Crippen molar-refractivity contribution in [3.05, 3.63) is 59.4 Å². The Labute approximate surface area is 99.5 Å². The van der Waals surface area contributed by atoms with E-state index < -0.39 is 0 Å². The molecule has 1 aromatic carbocycles. The molecule has 0 bridgehead atoms. The van der Waals surface area contributed by atoms with Crippen LogP contribution in [0.1, 0.15) is 17.0 Å². The second kappa shape index (κ2) is 5.50. The molecule has 0 spiro atoms. The summed E-state index contributed by atoms with van der Waals surface area (Å²) in [5, 5.41) is 0. The predicted octanol–water partition coefficient (Wildman–Crippen LogP) is 1.71. The average molecular weight is 231 g/mol. The molecule has 2 rings (SSSR count). The van der Waals surface area contributed by atoms with Crippen LogP contribution >= 0.6 is 0 Å². The molecule has 88 valence electrons. The first-order valence-corrected chi connectivity index (χ1v) is 5.53. The normalized spacial score (nSPS) is 10.5. The SMILES string of the molecule is NCCc1cnc(Cc2ccccc2F)nc1. The van der Waals surface area contributed by atoms with Crippen LogP contribution < -0.4 is 5.73 Å². The van der Waals surface area contributed by atoms with Crippen LogP contribution in [0.25, 0.3) is 0 Å². The van der Waals surface area contributed by atoms with Gasteiger partial charge in [-0.15, -0.1) is 0 Å². The molecule has 2 aromatic rings. The van der Waals surface area contributed by atoms with Crippen LogP contribution in [0.3, 0.4) is 0 Å². The molecular formula is C13H14FN3. The molecular weight excluding hydrogens is 217 g/mol. The maximum atomic E-state index is 13.4. The molecule has 4 heteroatoms. The van der Waals surface area contributed by atoms with E-state index in [4.69, 9.17) is 5.73 Å². The van der Waals surface area contributed by atoms with Crippen LogP contribution in [-0.4, -0.2) is 16.5 Å². The first-order chi connectivity index (χ1) is 8.29. The minimum Gasteiger partial charge on any atom is -0.330 e. The van der Waals surface area contributed by atoms with Gasteiger partial charge in [0.2, 0.25) is 0 Å². The Morgan fingerprint density at radius 3 is 2.47 bits per heavy atom. The summed E-state index contributed by atoms with van der Waals surface area (Å²) in [5.41, 5.74) is 7.05. The Kier molecular flexibility index (Phi) is 3.77. The minimum absolute atomic E-state index is 0.220. The average Bonchev–Trinajstić information content (AvgIpc) is 2.35. The van der Waals surface area contributed by atoms with Gasteiger partial charge in [-0.1, -0.05) is 18.2 Å². The molecule has 0 fully saturated rings. The fourth-order valence-corrected chi connectivity index (χ4v) is 1.58. The van der Waals surface area contributed by atoms with Crippen LogP contribution in [0.4, 0.5) is 4.39 Å². The zero-order valence-electron chi connectivity index (χ0n) is 9.44. The van der Waals surface area contributed by atoms with E-state index in [1.54, 1.807) is 30.6 Å². The smallest absolute Gasteiger partial charge is 0.132 e. The van der Waals surface area contributed by atoms with Crippen molar-refractivity contribution < 1.29 is 4.39 Å². The Bertz CT molecular complexity index is 482. The molecule has 0 aliphatic rings. The van der Waals surface area contributed by atoms with Crippen LogP contribution in [0.2, 0.25) is 0 Å². The van der Waals surface area contributed by atoms with Gasteiger partial charge in [-0.25, -0.2) is 14.4 Å². The van der Waals surface area contributed by atoms with Gasteiger partial charge in [-0.2, -0.15) is 0 Å². The molecule has 17 heavy (non-hydrogen) atoms. The maximum Gasteiger partial charge on any atom is 0.132 e. The summed E-state index contributed by atoms with van der Waals surface area (Å²) in [6, 6.07) is 6.66. The van der Waals surface area contributed by atoms with Crippen molar-refractivity contribution in [2.75, 3.05) is 6.54 Å². The summed E-state index contributed by atoms with van der Waals surface area (Å²) < 4.78 is 13.4. The van der Waals surface area contributed by atoms with Gasteiger partial charge in [0.1, 0.15) is 11.6 Å². The first-order valence-electron chi connectivity index (χ1n) is 5.53. The van der Waals surface area contributed by atoms with Crippen LogP contribution in [0.15, 0.2) is 36.7 Å². The maximum absolute atomic E-state index is 13.4. The lowest BCUT2D eigenvalue weighted by atomic mass is 10.1. The van der Waals surface area contributed by atoms with E-state index in [1.165, 1.54) is 6.07 Å². The van der Waals surface area contributed by atoms with E-state index in [0.29, 0.717) is 24.4 Å². The number of hydrogen-bond acceptors (Lipinski definition) is 3. The molecule has 1 heterocycles. The lowest BCUT2D eigenvalue weighted by molar-refractivity contribution is 0.612. The highest BCUT2D eigenvalue weighted by Crippen LogP contribution is 2.10. The lowest BCUT2D eigenvalue weighted by Gasteiger charge is -2.03. The number of nitrogens with zero attached hydrogens (tertiary/aromatic N) is 2. The number of halogens is 1. The molecule has 0 saturated heterocycles. The molecule has 0 aliphatic carbocycles. The molecule has 1 aromatic heterocycles. The minimum atomic E-state index is -0.220. The van der Waals surface area contributed by atoms with Gasteiger partial charge in [-0.3, -0.25) is 0 Å². The number of hydrogen-bond donors (Lipinski definition) is 1. The summed E-state index contributed by atoms with van der Waals surface area (Å²) >= 11 is 0. The largest absolute Gasteiger partial charge is 0.330 e. The molecule has 2 N–H and O–H groups in total. The number of nitrogens with two attached hydrogens (primary N) is 1. The van der Waals surface area contributed by atoms with E-state index in [0.717, 1.165) is 12.0 Å². The Morgan fingerprint density at radius 2 is 1.82 bits per heavy atom. The van der Waals surface area contributed by atoms with Gasteiger partial charge in [0.05, 0.1) is 0 Å². The van der Waals surface area contributed by atoms with E-state index in [1.807, 2.05) is 0 Å². The van der Waals surface area contributed by atoms with E-state index in [9.17, 15) is 4.39 Å². The third kappa shape index (κ3) is 3.07. The second-order valence-electron chi connectivity index (χ2n) is 3.81. The summed E-state index contributed by atoms with van der Waals surface area (Å²) in [4.78, 5) is 8.40. The van der Waals surface area contributed by atoms with Crippen LogP contribution in [0.5, 0.6) is 0 Å². The topological polar surface area (TPSA) is 51.8 Å². The van der Waals surface area contributed by atoms with Crippen molar-refractivity contribution in [2.24, 2.45) is 5.73 Å². The molecule has 0 aliphatic heterocycles. The van der Waals surface area contributed by atoms with Crippen LogP contribution in [-0.2, 0) is 12.8 Å². The van der Waals surface area contributed by atoms with Gasteiger partial charge >= 0.3 is 0 Å². The first kappa shape index (κ1) is 11.7. The highest BCUT2D eigenvalue weighted by Gasteiger charge is 2.04. The quantitative estimate of drug-likeness (QED) is 0.871. The Hall–Kier alpha value is -1.81. The highest BCUT2D eigenvalue weighted by molar-refractivity contribution is 5.21. The van der Waals surface area contributed by atoms with E-state index in [-0.39, 0.29) is 5.82 Å². The highest BCUT2D eigenvalue weighted by atomic mass is 19.1. The molecule has 0 unspecified atom stereocenters. The number of rotatable bonds is 4. The molecule has 0 radical (unpaired) electrons. The summed E-state index contributed by atoms with van der Waals surface area (Å²) in [6.45, 7) is 0.579. The van der Waals surface area contributed by atoms with E-state index >= 15 is 0 Å². The fraction of sp³-hybridized carbons (Fsp3) is 0.231. The van der Waals surface area contributed by atoms with Crippen LogP contribution in [0, 0.1) is 5.82 Å². The van der Waals surface area contributed by atoms with Gasteiger partial charge in [0, 0.05) is 18.8 Å². The third-order valence-electron chi connectivity index (χ3n) is 2.50. The van der Waals surface area contributed by atoms with Crippen molar-refractivity contribution in [2.45, 2.75) is 12.8 Å². The summed E-state index contributed by atoms with van der Waals surface area (Å²) in [5.74, 6) is 0.401. The standard InChI is InChI=1S/C13H14FN3/c14-12-4-2-1-3-11(12)7-13-16-8-10(5-6-15)9-17-13/h1-4,8-9H,5-7,15H2. The lowest BCUT2D eigenvalue weighted by Crippen LogP contribution is -2.05. The summed E-state index contributed by atoms with van der Waals surface area (Å²) in [7, 11) is 0. The fourth-order valence-electron chi connectivity index (χ4n) is 1.58. The van der Waals surface area contributed by atoms with E-state index in [2.05, 4.69) is 9.97 Å². The van der Waals surface area contributed by atoms with Gasteiger partial charge < -0.3 is 5.73 Å². The zero-order chi connectivity index (χ0) is 12.1. The zero-order valence-corrected chi connectivity index (χ0v) is 9.44. The van der Waals surface area contributed by atoms with Crippen molar-refractivity contribution in [1.82, 2.24) is 9.97 Å². The number of benzene rings is 1. The van der Waals surface area contributed by atoms with Crippen molar-refractivity contribution in [3.63, 3.8) is 0 Å². The monoisotopic (exact) mass is 231 g/mol. The number of aromatic nitrogens is 2. The van der Waals surface area contributed by atoms with Crippen molar-refractivity contribution in [3.8, 4) is 0 Å². The third-order valence-corrected chi connectivity index (χ3v) is 2.50. The van der Waals surface area contributed by atoms with Gasteiger partial charge in [0.25, 0.3) is 0 Å². The van der Waals surface area contributed by atoms with Crippen molar-refractivity contribution >= 4 is 0 Å². The molecule has 3 nitrogen and oxygen atoms in total. The van der Waals surface area contributed by atoms with Gasteiger partial charge in [0.15, 0.2) is 0 Å². The Balaban J connectivity index is 2.11. The molecule has 0 atom stereocenters. The predicted molar refractivity (Wildman–Crippen MR) is 64.0 cm³/mol. The molecule has 0 saturated carbocycles. The Morgan fingerprint density at radius 1 is 1.12 bits per heavy atom. The van der Waals surface area contributed by atoms with Crippen molar-refractivity contribution in [1.29, 1.82) is 0 Å².